The van der Waals surface area contributed by atoms with Crippen molar-refractivity contribution in [3.8, 4) is 0 Å². The van der Waals surface area contributed by atoms with Crippen LogP contribution in [0.2, 0.25) is 0 Å². The Morgan fingerprint density at radius 2 is 1.83 bits per heavy atom. The van der Waals surface area contributed by atoms with E-state index in [0.29, 0.717) is 10.9 Å². The van der Waals surface area contributed by atoms with Gasteiger partial charge in [0.25, 0.3) is 5.91 Å². The van der Waals surface area contributed by atoms with E-state index >= 15 is 0 Å². The van der Waals surface area contributed by atoms with Crippen molar-refractivity contribution in [1.29, 1.82) is 0 Å². The summed E-state index contributed by atoms with van der Waals surface area (Å²) in [6, 6.07) is 4.19. The largest absolute Gasteiger partial charge is 0.335 e. The highest BCUT2D eigenvalue weighted by Gasteiger charge is 2.32. The number of aryl methyl sites for hydroxylation is 2. The molecule has 154 valence electrons. The van der Waals surface area contributed by atoms with Crippen molar-refractivity contribution in [2.75, 3.05) is 26.2 Å². The van der Waals surface area contributed by atoms with Gasteiger partial charge in [0, 0.05) is 44.7 Å². The molecule has 1 aliphatic heterocycles. The van der Waals surface area contributed by atoms with Gasteiger partial charge < -0.3 is 4.90 Å². The second-order valence-corrected chi connectivity index (χ2v) is 9.75. The molecule has 7 nitrogen and oxygen atoms in total. The molecule has 4 rings (SSSR count). The topological polar surface area (TPSA) is 75.5 Å². The van der Waals surface area contributed by atoms with Crippen LogP contribution in [0.15, 0.2) is 29.2 Å². The fourth-order valence-corrected chi connectivity index (χ4v) is 5.98. The van der Waals surface area contributed by atoms with Crippen LogP contribution in [0.25, 0.3) is 10.2 Å². The van der Waals surface area contributed by atoms with E-state index in [1.165, 1.54) is 11.3 Å². The number of aromatic nitrogens is 2. The van der Waals surface area contributed by atoms with Crippen LogP contribution in [0.5, 0.6) is 0 Å². The van der Waals surface area contributed by atoms with Crippen LogP contribution in [0.1, 0.15) is 15.4 Å². The van der Waals surface area contributed by atoms with Gasteiger partial charge in [0.1, 0.15) is 21.4 Å². The maximum absolute atomic E-state index is 13.9. The summed E-state index contributed by atoms with van der Waals surface area (Å²) in [5.41, 5.74) is 0.843. The predicted molar refractivity (Wildman–Crippen MR) is 104 cm³/mol. The molecule has 29 heavy (non-hydrogen) atoms. The van der Waals surface area contributed by atoms with Crippen molar-refractivity contribution in [2.24, 2.45) is 7.05 Å². The summed E-state index contributed by atoms with van der Waals surface area (Å²) in [7, 11) is -2.28. The van der Waals surface area contributed by atoms with E-state index in [-0.39, 0.29) is 32.1 Å². The van der Waals surface area contributed by atoms with Gasteiger partial charge >= 0.3 is 0 Å². The van der Waals surface area contributed by atoms with E-state index in [9.17, 15) is 22.0 Å². The van der Waals surface area contributed by atoms with Crippen molar-refractivity contribution in [3.05, 3.63) is 46.5 Å². The Hall–Kier alpha value is -2.37. The number of halogens is 2. The number of carbonyl (C=O) groups is 1. The zero-order valence-electron chi connectivity index (χ0n) is 15.7. The quantitative estimate of drug-likeness (QED) is 0.627. The fourth-order valence-electron chi connectivity index (χ4n) is 3.42. The van der Waals surface area contributed by atoms with Gasteiger partial charge in [-0.25, -0.2) is 17.2 Å². The van der Waals surface area contributed by atoms with Crippen molar-refractivity contribution in [2.45, 2.75) is 11.8 Å². The van der Waals surface area contributed by atoms with Crippen molar-refractivity contribution >= 4 is 37.5 Å². The molecule has 2 aromatic heterocycles. The van der Waals surface area contributed by atoms with Gasteiger partial charge in [0.15, 0.2) is 0 Å². The van der Waals surface area contributed by atoms with Crippen LogP contribution in [-0.4, -0.2) is 59.5 Å². The van der Waals surface area contributed by atoms with E-state index in [4.69, 9.17) is 0 Å². The molecular formula is C18H18F2N4O3S2. The molecule has 1 amide bonds. The molecule has 0 bridgehead atoms. The van der Waals surface area contributed by atoms with Gasteiger partial charge in [-0.15, -0.1) is 11.3 Å². The minimum absolute atomic E-state index is 0.0381. The number of rotatable bonds is 3. The van der Waals surface area contributed by atoms with Crippen LogP contribution in [0.4, 0.5) is 8.78 Å². The lowest BCUT2D eigenvalue weighted by Crippen LogP contribution is -2.50. The first-order chi connectivity index (χ1) is 13.7. The van der Waals surface area contributed by atoms with Gasteiger partial charge in [-0.05, 0) is 25.1 Å². The van der Waals surface area contributed by atoms with Gasteiger partial charge in [0.2, 0.25) is 10.0 Å². The summed E-state index contributed by atoms with van der Waals surface area (Å²) >= 11 is 1.35. The highest BCUT2D eigenvalue weighted by atomic mass is 32.2. The van der Waals surface area contributed by atoms with E-state index in [0.717, 1.165) is 32.3 Å². The first-order valence-corrected chi connectivity index (χ1v) is 11.1. The van der Waals surface area contributed by atoms with Crippen LogP contribution < -0.4 is 0 Å². The maximum Gasteiger partial charge on any atom is 0.264 e. The molecule has 0 N–H and O–H groups in total. The number of piperazine rings is 1. The first kappa shape index (κ1) is 19.9. The Bertz CT molecular complexity index is 1180. The normalized spacial score (nSPS) is 15.9. The van der Waals surface area contributed by atoms with E-state index in [2.05, 4.69) is 5.10 Å². The first-order valence-electron chi connectivity index (χ1n) is 8.86. The van der Waals surface area contributed by atoms with Crippen LogP contribution in [-0.2, 0) is 17.1 Å². The van der Waals surface area contributed by atoms with Crippen LogP contribution in [0.3, 0.4) is 0 Å². The highest BCUT2D eigenvalue weighted by Crippen LogP contribution is 2.29. The smallest absolute Gasteiger partial charge is 0.264 e. The van der Waals surface area contributed by atoms with Crippen LogP contribution >= 0.6 is 11.3 Å². The van der Waals surface area contributed by atoms with Gasteiger partial charge in [-0.3, -0.25) is 9.48 Å². The zero-order chi connectivity index (χ0) is 20.9. The SMILES string of the molecule is Cc1nn(C)c2sc(C(=O)N3CCN(S(=O)(=O)c4ccc(F)cc4F)CC3)cc12. The van der Waals surface area contributed by atoms with Gasteiger partial charge in [-0.1, -0.05) is 0 Å². The molecule has 0 radical (unpaired) electrons. The Kier molecular flexibility index (Phi) is 4.91. The van der Waals surface area contributed by atoms with Gasteiger partial charge in [0.05, 0.1) is 10.6 Å². The third-order valence-electron chi connectivity index (χ3n) is 4.94. The molecular weight excluding hydrogens is 422 g/mol. The molecule has 1 aliphatic rings. The monoisotopic (exact) mass is 440 g/mol. The van der Waals surface area contributed by atoms with Gasteiger partial charge in [-0.2, -0.15) is 9.40 Å². The highest BCUT2D eigenvalue weighted by molar-refractivity contribution is 7.89. The zero-order valence-corrected chi connectivity index (χ0v) is 17.4. The molecule has 11 heteroatoms. The fraction of sp³-hybridized carbons (Fsp3) is 0.333. The number of hydrogen-bond acceptors (Lipinski definition) is 5. The Balaban J connectivity index is 1.49. The molecule has 0 atom stereocenters. The van der Waals surface area contributed by atoms with E-state index < -0.39 is 26.6 Å². The summed E-state index contributed by atoms with van der Waals surface area (Å²) in [6.07, 6.45) is 0. The standard InChI is InChI=1S/C18H18F2N4O3S2/c1-11-13-10-15(28-18(13)22(2)21-11)17(25)23-5-7-24(8-6-23)29(26,27)16-4-3-12(19)9-14(16)20/h3-4,9-10H,5-8H2,1-2H3. The van der Waals surface area contributed by atoms with Crippen molar-refractivity contribution < 1.29 is 22.0 Å². The molecule has 0 unspecified atom stereocenters. The maximum atomic E-state index is 13.9. The second kappa shape index (κ2) is 7.15. The Labute approximate surface area is 170 Å². The van der Waals surface area contributed by atoms with Crippen molar-refractivity contribution in [3.63, 3.8) is 0 Å². The van der Waals surface area contributed by atoms with E-state index in [1.54, 1.807) is 9.58 Å². The van der Waals surface area contributed by atoms with E-state index in [1.807, 2.05) is 20.0 Å². The van der Waals surface area contributed by atoms with Crippen LogP contribution in [0, 0.1) is 18.6 Å². The van der Waals surface area contributed by atoms with Crippen molar-refractivity contribution in [1.82, 2.24) is 19.0 Å². The number of hydrogen-bond donors (Lipinski definition) is 0. The molecule has 0 saturated carbocycles. The lowest BCUT2D eigenvalue weighted by Gasteiger charge is -2.33. The summed E-state index contributed by atoms with van der Waals surface area (Å²) in [5, 5.41) is 5.24. The second-order valence-electron chi connectivity index (χ2n) is 6.81. The summed E-state index contributed by atoms with van der Waals surface area (Å²) in [5.74, 6) is -2.14. The predicted octanol–water partition coefficient (Wildman–Crippen LogP) is 2.37. The number of fused-ring (bicyclic) bond motifs is 1. The summed E-state index contributed by atoms with van der Waals surface area (Å²) < 4.78 is 55.2. The summed E-state index contributed by atoms with van der Waals surface area (Å²) in [6.45, 7) is 2.33. The lowest BCUT2D eigenvalue weighted by atomic mass is 10.3. The number of amides is 1. The molecule has 0 spiro atoms. The average Bonchev–Trinajstić information content (AvgIpc) is 3.22. The minimum Gasteiger partial charge on any atom is -0.335 e. The lowest BCUT2D eigenvalue weighted by molar-refractivity contribution is 0.0702. The third-order valence-corrected chi connectivity index (χ3v) is 8.07. The number of benzene rings is 1. The summed E-state index contributed by atoms with van der Waals surface area (Å²) in [4.78, 5) is 15.3. The average molecular weight is 440 g/mol. The number of carbonyl (C=O) groups excluding carboxylic acids is 1. The molecule has 3 aromatic rings. The molecule has 1 fully saturated rings. The molecule has 3 heterocycles. The number of nitrogens with zero attached hydrogens (tertiary/aromatic N) is 4. The Morgan fingerprint density at radius 3 is 2.45 bits per heavy atom. The number of sulfonamides is 1. The minimum atomic E-state index is -4.10. The molecule has 0 aliphatic carbocycles. The number of thiophene rings is 1. The molecule has 1 saturated heterocycles. The Morgan fingerprint density at radius 1 is 1.14 bits per heavy atom. The molecule has 1 aromatic carbocycles. The third kappa shape index (κ3) is 3.43.